The molecule has 0 aliphatic carbocycles. The third-order valence-corrected chi connectivity index (χ3v) is 4.87. The number of hydrogen-bond donors (Lipinski definition) is 1. The van der Waals surface area contributed by atoms with E-state index < -0.39 is 5.97 Å². The number of esters is 1. The fourth-order valence-corrected chi connectivity index (χ4v) is 3.46. The van der Waals surface area contributed by atoms with E-state index in [4.69, 9.17) is 4.74 Å². The number of H-pyrrole nitrogens is 1. The van der Waals surface area contributed by atoms with Crippen molar-refractivity contribution in [3.63, 3.8) is 0 Å². The number of hydrogen-bond acceptors (Lipinski definition) is 3. The number of aromatic nitrogens is 1. The minimum Gasteiger partial charge on any atom is -0.462 e. The zero-order valence-electron chi connectivity index (χ0n) is 16.6. The number of ketones is 1. The predicted octanol–water partition coefficient (Wildman–Crippen LogP) is 5.66. The molecule has 0 saturated heterocycles. The van der Waals surface area contributed by atoms with Gasteiger partial charge in [0.2, 0.25) is 0 Å². The second kappa shape index (κ2) is 8.62. The Kier molecular flexibility index (Phi) is 5.57. The monoisotopic (exact) mass is 395 g/mol. The Bertz CT molecular complexity index is 1220. The summed E-state index contributed by atoms with van der Waals surface area (Å²) in [6, 6.07) is 26.4. The van der Waals surface area contributed by atoms with Gasteiger partial charge in [-0.3, -0.25) is 4.79 Å². The number of benzene rings is 3. The Morgan fingerprint density at radius 3 is 2.20 bits per heavy atom. The minimum atomic E-state index is -0.629. The molecule has 30 heavy (non-hydrogen) atoms. The lowest BCUT2D eigenvalue weighted by Crippen LogP contribution is -2.16. The lowest BCUT2D eigenvalue weighted by molar-refractivity contribution is -0.137. The third kappa shape index (κ3) is 3.80. The summed E-state index contributed by atoms with van der Waals surface area (Å²) in [5, 5.41) is 0.930. The molecule has 0 fully saturated rings. The van der Waals surface area contributed by atoms with Crippen LogP contribution in [-0.2, 0) is 9.53 Å². The van der Waals surface area contributed by atoms with E-state index in [1.54, 1.807) is 37.3 Å². The van der Waals surface area contributed by atoms with Gasteiger partial charge in [0.25, 0.3) is 0 Å². The minimum absolute atomic E-state index is 0.00461. The number of carbonyl (C=O) groups is 2. The van der Waals surface area contributed by atoms with Gasteiger partial charge in [0.05, 0.1) is 12.3 Å². The average molecular weight is 395 g/mol. The molecule has 148 valence electrons. The molecule has 0 aliphatic rings. The quantitative estimate of drug-likeness (QED) is 0.151. The van der Waals surface area contributed by atoms with E-state index in [2.05, 4.69) is 4.98 Å². The van der Waals surface area contributed by atoms with Crippen LogP contribution in [0.2, 0.25) is 0 Å². The van der Waals surface area contributed by atoms with Crippen LogP contribution >= 0.6 is 0 Å². The van der Waals surface area contributed by atoms with Gasteiger partial charge in [-0.2, -0.15) is 0 Å². The maximum Gasteiger partial charge on any atom is 0.342 e. The largest absolute Gasteiger partial charge is 0.462 e. The van der Waals surface area contributed by atoms with Crippen molar-refractivity contribution in [2.24, 2.45) is 0 Å². The molecule has 0 saturated carbocycles. The van der Waals surface area contributed by atoms with E-state index in [0.717, 1.165) is 27.7 Å². The molecule has 4 heteroatoms. The normalized spacial score (nSPS) is 11.4. The molecule has 1 N–H and O–H groups in total. The van der Waals surface area contributed by atoms with Crippen LogP contribution < -0.4 is 0 Å². The van der Waals surface area contributed by atoms with Crippen LogP contribution in [0.25, 0.3) is 28.2 Å². The van der Waals surface area contributed by atoms with Gasteiger partial charge in [-0.15, -0.1) is 0 Å². The molecular weight excluding hydrogens is 374 g/mol. The summed E-state index contributed by atoms with van der Waals surface area (Å²) in [5.41, 5.74) is 3.97. The van der Waals surface area contributed by atoms with Gasteiger partial charge in [-0.1, -0.05) is 78.9 Å². The molecule has 3 aromatic carbocycles. The van der Waals surface area contributed by atoms with Gasteiger partial charge in [0.1, 0.15) is 5.57 Å². The maximum atomic E-state index is 13.2. The van der Waals surface area contributed by atoms with E-state index >= 15 is 0 Å². The Labute approximate surface area is 174 Å². The summed E-state index contributed by atoms with van der Waals surface area (Å²) < 4.78 is 5.21. The molecule has 4 nitrogen and oxygen atoms in total. The molecule has 0 spiro atoms. The Morgan fingerprint density at radius 1 is 0.867 bits per heavy atom. The van der Waals surface area contributed by atoms with Crippen molar-refractivity contribution in [2.75, 3.05) is 6.61 Å². The molecule has 0 amide bonds. The predicted molar refractivity (Wildman–Crippen MR) is 119 cm³/mol. The Hall–Kier alpha value is -3.92. The van der Waals surface area contributed by atoms with Crippen molar-refractivity contribution in [3.8, 4) is 11.3 Å². The first-order valence-corrected chi connectivity index (χ1v) is 9.83. The van der Waals surface area contributed by atoms with Gasteiger partial charge in [-0.05, 0) is 24.6 Å². The fraction of sp³-hybridized carbons (Fsp3) is 0.0769. The van der Waals surface area contributed by atoms with E-state index in [1.807, 2.05) is 60.7 Å². The smallest absolute Gasteiger partial charge is 0.342 e. The first-order valence-electron chi connectivity index (χ1n) is 9.83. The first-order chi connectivity index (χ1) is 14.7. The van der Waals surface area contributed by atoms with Crippen molar-refractivity contribution in [1.29, 1.82) is 0 Å². The van der Waals surface area contributed by atoms with Crippen LogP contribution in [0, 0.1) is 0 Å². The highest BCUT2D eigenvalue weighted by molar-refractivity contribution is 6.27. The number of fused-ring (bicyclic) bond motifs is 1. The topological polar surface area (TPSA) is 59.2 Å². The van der Waals surface area contributed by atoms with Crippen molar-refractivity contribution < 1.29 is 14.3 Å². The van der Waals surface area contributed by atoms with Crippen molar-refractivity contribution in [3.05, 3.63) is 102 Å². The standard InChI is InChI=1S/C26H21NO3/c1-2-30-26(29)22(25(28)19-13-7-4-8-14-19)17-21-20-15-9-10-16-23(20)27-24(21)18-11-5-3-6-12-18/h3-17,27H,2H2,1H3/b22-17+. The summed E-state index contributed by atoms with van der Waals surface area (Å²) in [4.78, 5) is 29.4. The van der Waals surface area contributed by atoms with Crippen LogP contribution in [0.5, 0.6) is 0 Å². The van der Waals surface area contributed by atoms with Gasteiger partial charge in [0.15, 0.2) is 5.78 Å². The zero-order valence-corrected chi connectivity index (χ0v) is 16.6. The highest BCUT2D eigenvalue weighted by atomic mass is 16.5. The van der Waals surface area contributed by atoms with E-state index in [1.165, 1.54) is 0 Å². The van der Waals surface area contributed by atoms with Gasteiger partial charge in [-0.25, -0.2) is 4.79 Å². The summed E-state index contributed by atoms with van der Waals surface area (Å²) in [6.07, 6.45) is 1.65. The van der Waals surface area contributed by atoms with E-state index in [0.29, 0.717) is 5.56 Å². The van der Waals surface area contributed by atoms with Crippen LogP contribution in [0.15, 0.2) is 90.5 Å². The SMILES string of the molecule is CCOC(=O)/C(=C/c1c(-c2ccccc2)[nH]c2ccccc12)C(=O)c1ccccc1. The van der Waals surface area contributed by atoms with Crippen molar-refractivity contribution in [2.45, 2.75) is 6.92 Å². The molecule has 0 atom stereocenters. The number of ether oxygens (including phenoxy) is 1. The zero-order chi connectivity index (χ0) is 20.9. The van der Waals surface area contributed by atoms with Gasteiger partial charge < -0.3 is 9.72 Å². The number of nitrogens with one attached hydrogen (secondary N) is 1. The summed E-state index contributed by atoms with van der Waals surface area (Å²) in [6.45, 7) is 1.92. The van der Waals surface area contributed by atoms with Crippen LogP contribution in [0.1, 0.15) is 22.8 Å². The number of aromatic amines is 1. The van der Waals surface area contributed by atoms with E-state index in [9.17, 15) is 9.59 Å². The molecule has 1 heterocycles. The Balaban J connectivity index is 1.93. The summed E-state index contributed by atoms with van der Waals surface area (Å²) >= 11 is 0. The average Bonchev–Trinajstić information content (AvgIpc) is 3.17. The molecule has 0 radical (unpaired) electrons. The number of rotatable bonds is 6. The summed E-state index contributed by atoms with van der Waals surface area (Å²) in [5.74, 6) is -0.992. The van der Waals surface area contributed by atoms with Crippen LogP contribution in [0.4, 0.5) is 0 Å². The lowest BCUT2D eigenvalue weighted by atomic mass is 9.98. The fourth-order valence-electron chi connectivity index (χ4n) is 3.46. The van der Waals surface area contributed by atoms with Gasteiger partial charge >= 0.3 is 5.97 Å². The van der Waals surface area contributed by atoms with Crippen LogP contribution in [-0.4, -0.2) is 23.3 Å². The lowest BCUT2D eigenvalue weighted by Gasteiger charge is -2.08. The highest BCUT2D eigenvalue weighted by Crippen LogP contribution is 2.32. The highest BCUT2D eigenvalue weighted by Gasteiger charge is 2.23. The first kappa shape index (κ1) is 19.4. The third-order valence-electron chi connectivity index (χ3n) is 4.87. The number of para-hydroxylation sites is 1. The molecule has 4 aromatic rings. The van der Waals surface area contributed by atoms with Crippen molar-refractivity contribution >= 4 is 28.7 Å². The maximum absolute atomic E-state index is 13.2. The van der Waals surface area contributed by atoms with Crippen LogP contribution in [0.3, 0.4) is 0 Å². The Morgan fingerprint density at radius 2 is 1.50 bits per heavy atom. The van der Waals surface area contributed by atoms with Crippen molar-refractivity contribution in [1.82, 2.24) is 4.98 Å². The molecule has 0 unspecified atom stereocenters. The second-order valence-electron chi connectivity index (χ2n) is 6.80. The molecule has 0 bridgehead atoms. The summed E-state index contributed by atoms with van der Waals surface area (Å²) in [7, 11) is 0. The molecular formula is C26H21NO3. The van der Waals surface area contributed by atoms with Gasteiger partial charge in [0, 0.05) is 22.0 Å². The number of carbonyl (C=O) groups excluding carboxylic acids is 2. The molecule has 0 aliphatic heterocycles. The molecule has 1 aromatic heterocycles. The van der Waals surface area contributed by atoms with E-state index in [-0.39, 0.29) is 18.0 Å². The second-order valence-corrected chi connectivity index (χ2v) is 6.80. The number of Topliss-reactive ketones (excluding diaryl/α,β-unsaturated/α-hetero) is 1. The molecule has 4 rings (SSSR count).